The summed E-state index contributed by atoms with van der Waals surface area (Å²) in [6.45, 7) is 9.95. The molecular weight excluding hydrogens is 488 g/mol. The molecule has 2 saturated heterocycles. The monoisotopic (exact) mass is 513 g/mol. The van der Waals surface area contributed by atoms with Gasteiger partial charge in [0.1, 0.15) is 11.6 Å². The molecule has 0 amide bonds. The molecular formula is C25H26BrF2N5. The molecule has 2 fully saturated rings. The minimum atomic E-state index is -2.74. The Balaban J connectivity index is 1.40. The van der Waals surface area contributed by atoms with Gasteiger partial charge in [-0.1, -0.05) is 24.8 Å². The first-order valence-corrected chi connectivity index (χ1v) is 12.3. The Bertz CT molecular complexity index is 1300. The molecule has 1 aliphatic carbocycles. The van der Waals surface area contributed by atoms with Gasteiger partial charge in [-0.05, 0) is 53.2 Å². The van der Waals surface area contributed by atoms with E-state index >= 15 is 0 Å². The van der Waals surface area contributed by atoms with E-state index in [4.69, 9.17) is 9.97 Å². The number of benzene rings is 1. The van der Waals surface area contributed by atoms with Gasteiger partial charge in [0.15, 0.2) is 0 Å². The van der Waals surface area contributed by atoms with Gasteiger partial charge < -0.3 is 15.1 Å². The minimum Gasteiger partial charge on any atom is -0.365 e. The van der Waals surface area contributed by atoms with Crippen molar-refractivity contribution in [2.75, 3.05) is 25.0 Å². The Kier molecular flexibility index (Phi) is 4.72. The van der Waals surface area contributed by atoms with Crippen LogP contribution in [0, 0.1) is 6.92 Å². The van der Waals surface area contributed by atoms with E-state index in [2.05, 4.69) is 43.8 Å². The van der Waals surface area contributed by atoms with Crippen molar-refractivity contribution in [3.8, 4) is 0 Å². The molecule has 172 valence electrons. The highest BCUT2D eigenvalue weighted by Gasteiger charge is 2.48. The van der Waals surface area contributed by atoms with Gasteiger partial charge in [0.25, 0.3) is 5.92 Å². The summed E-state index contributed by atoms with van der Waals surface area (Å²) in [7, 11) is 0. The number of aromatic nitrogens is 2. The lowest BCUT2D eigenvalue weighted by Gasteiger charge is -2.40. The number of nitrogens with one attached hydrogen (secondary N) is 1. The maximum atomic E-state index is 14.2. The molecule has 2 aromatic rings. The van der Waals surface area contributed by atoms with Crippen molar-refractivity contribution in [2.45, 2.75) is 50.6 Å². The number of fused-ring (bicyclic) bond motifs is 4. The van der Waals surface area contributed by atoms with Crippen LogP contribution in [-0.2, 0) is 18.9 Å². The fourth-order valence-electron chi connectivity index (χ4n) is 5.93. The van der Waals surface area contributed by atoms with Gasteiger partial charge in [-0.25, -0.2) is 18.7 Å². The fraction of sp³-hybridized carbons (Fsp3) is 0.440. The van der Waals surface area contributed by atoms with Crippen molar-refractivity contribution in [1.82, 2.24) is 19.8 Å². The Hall–Kier alpha value is -2.32. The van der Waals surface area contributed by atoms with E-state index < -0.39 is 5.92 Å². The van der Waals surface area contributed by atoms with E-state index in [1.54, 1.807) is 12.1 Å². The number of anilines is 1. The molecule has 0 radical (unpaired) electrons. The minimum absolute atomic E-state index is 0.0573. The highest BCUT2D eigenvalue weighted by atomic mass is 79.9. The van der Waals surface area contributed by atoms with Gasteiger partial charge in [-0.3, -0.25) is 0 Å². The van der Waals surface area contributed by atoms with Gasteiger partial charge in [-0.15, -0.1) is 0 Å². The van der Waals surface area contributed by atoms with Gasteiger partial charge >= 0.3 is 0 Å². The van der Waals surface area contributed by atoms with E-state index in [-0.39, 0.29) is 17.5 Å². The third-order valence-electron chi connectivity index (χ3n) is 7.69. The van der Waals surface area contributed by atoms with Crippen molar-refractivity contribution in [3.05, 3.63) is 63.6 Å². The quantitative estimate of drug-likeness (QED) is 0.679. The summed E-state index contributed by atoms with van der Waals surface area (Å²) < 4.78 is 29.3. The number of rotatable bonds is 4. The summed E-state index contributed by atoms with van der Waals surface area (Å²) >= 11 is 3.76. The first-order chi connectivity index (χ1) is 15.8. The zero-order chi connectivity index (χ0) is 23.0. The predicted octanol–water partition coefficient (Wildman–Crippen LogP) is 3.35. The zero-order valence-electron chi connectivity index (χ0n) is 18.6. The fourth-order valence-corrected chi connectivity index (χ4v) is 6.42. The molecule has 2 bridgehead atoms. The second-order valence-electron chi connectivity index (χ2n) is 9.64. The number of allylic oxidation sites excluding steroid dienone is 1. The summed E-state index contributed by atoms with van der Waals surface area (Å²) in [4.78, 5) is 14.2. The number of hydrogen-bond donors (Lipinski definition) is 1. The number of aryl methyl sites for hydroxylation is 1. The zero-order valence-corrected chi connectivity index (χ0v) is 20.2. The van der Waals surface area contributed by atoms with Crippen molar-refractivity contribution in [2.24, 2.45) is 0 Å². The second kappa shape index (κ2) is 7.34. The van der Waals surface area contributed by atoms with Crippen LogP contribution in [0.4, 0.5) is 14.6 Å². The first kappa shape index (κ1) is 21.2. The van der Waals surface area contributed by atoms with Crippen LogP contribution < -0.4 is 15.9 Å². The van der Waals surface area contributed by atoms with E-state index in [1.165, 1.54) is 0 Å². The van der Waals surface area contributed by atoms with E-state index in [0.29, 0.717) is 18.8 Å². The Morgan fingerprint density at radius 3 is 2.70 bits per heavy atom. The number of hydrogen-bond acceptors (Lipinski definition) is 5. The second-order valence-corrected chi connectivity index (χ2v) is 10.4. The van der Waals surface area contributed by atoms with Crippen LogP contribution in [0.5, 0.6) is 0 Å². The SMILES string of the molecule is C=C1C(Br)=c2nc(C)nc(NCc3cccc4c3CCC4(F)F)c2=CN1C12CCN(CC1)C2. The largest absolute Gasteiger partial charge is 0.365 e. The van der Waals surface area contributed by atoms with E-state index in [9.17, 15) is 8.78 Å². The molecule has 1 N–H and O–H groups in total. The number of alkyl halides is 2. The summed E-state index contributed by atoms with van der Waals surface area (Å²) in [5, 5.41) is 5.18. The first-order valence-electron chi connectivity index (χ1n) is 11.5. The predicted molar refractivity (Wildman–Crippen MR) is 128 cm³/mol. The molecule has 4 aliphatic rings. The molecule has 0 atom stereocenters. The van der Waals surface area contributed by atoms with Gasteiger partial charge in [0, 0.05) is 44.4 Å². The average Bonchev–Trinajstić information content (AvgIpc) is 3.49. The van der Waals surface area contributed by atoms with Gasteiger partial charge in [0.2, 0.25) is 0 Å². The van der Waals surface area contributed by atoms with Crippen LogP contribution >= 0.6 is 15.9 Å². The topological polar surface area (TPSA) is 44.3 Å². The van der Waals surface area contributed by atoms with Crippen LogP contribution in [0.15, 0.2) is 30.5 Å². The maximum Gasteiger partial charge on any atom is 0.273 e. The molecule has 0 unspecified atom stereocenters. The molecule has 0 spiro atoms. The smallest absolute Gasteiger partial charge is 0.273 e. The third kappa shape index (κ3) is 3.25. The van der Waals surface area contributed by atoms with Gasteiger partial charge in [0.05, 0.1) is 26.3 Å². The van der Waals surface area contributed by atoms with Crippen LogP contribution in [0.25, 0.3) is 10.7 Å². The van der Waals surface area contributed by atoms with Crippen molar-refractivity contribution in [3.63, 3.8) is 0 Å². The van der Waals surface area contributed by atoms with Crippen LogP contribution in [0.2, 0.25) is 0 Å². The van der Waals surface area contributed by atoms with Crippen LogP contribution in [-0.4, -0.2) is 44.9 Å². The van der Waals surface area contributed by atoms with Crippen LogP contribution in [0.3, 0.4) is 0 Å². The Labute approximate surface area is 200 Å². The van der Waals surface area contributed by atoms with Crippen molar-refractivity contribution >= 4 is 32.4 Å². The number of halogens is 3. The van der Waals surface area contributed by atoms with Crippen molar-refractivity contribution < 1.29 is 8.78 Å². The molecule has 4 heterocycles. The lowest BCUT2D eigenvalue weighted by molar-refractivity contribution is -0.00184. The molecule has 8 heteroatoms. The summed E-state index contributed by atoms with van der Waals surface area (Å²) in [5.41, 5.74) is 2.81. The number of nitrogens with zero attached hydrogens (tertiary/aromatic N) is 4. The average molecular weight is 514 g/mol. The van der Waals surface area contributed by atoms with E-state index in [0.717, 1.165) is 70.2 Å². The molecule has 33 heavy (non-hydrogen) atoms. The number of piperidine rings is 1. The lowest BCUT2D eigenvalue weighted by Crippen LogP contribution is -2.50. The lowest BCUT2D eigenvalue weighted by atomic mass is 9.92. The summed E-state index contributed by atoms with van der Waals surface area (Å²) in [6, 6.07) is 5.21. The van der Waals surface area contributed by atoms with Crippen molar-refractivity contribution in [1.29, 1.82) is 0 Å². The van der Waals surface area contributed by atoms with Crippen LogP contribution in [0.1, 0.15) is 41.8 Å². The Morgan fingerprint density at radius 2 is 1.97 bits per heavy atom. The molecule has 1 aromatic heterocycles. The molecule has 5 nitrogen and oxygen atoms in total. The molecule has 3 aliphatic heterocycles. The summed E-state index contributed by atoms with van der Waals surface area (Å²) in [6.07, 6.45) is 4.64. The molecule has 6 rings (SSSR count). The summed E-state index contributed by atoms with van der Waals surface area (Å²) in [5.74, 6) is -1.36. The maximum absolute atomic E-state index is 14.2. The third-order valence-corrected chi connectivity index (χ3v) is 8.52. The standard InChI is InChI=1S/C25H26BrF2N5/c1-15-21(26)22-19(13-33(15)24-8-10-32(14-24)11-9-24)23(31-16(2)30-22)29-12-17-4-3-5-20-18(17)6-7-25(20,27)28/h3-5,13H,1,6-12,14H2,2H3,(H,29,30,31). The Morgan fingerprint density at radius 1 is 1.18 bits per heavy atom. The van der Waals surface area contributed by atoms with E-state index in [1.807, 2.05) is 13.0 Å². The highest BCUT2D eigenvalue weighted by Crippen LogP contribution is 2.43. The highest BCUT2D eigenvalue weighted by molar-refractivity contribution is 9.15. The molecule has 1 aromatic carbocycles. The molecule has 0 saturated carbocycles. The normalized spacial score (nSPS) is 26.9. The van der Waals surface area contributed by atoms with Gasteiger partial charge in [-0.2, -0.15) is 0 Å².